The molecule has 1 fully saturated rings. The second-order valence-corrected chi connectivity index (χ2v) is 4.58. The van der Waals surface area contributed by atoms with E-state index < -0.39 is 0 Å². The first-order valence-corrected chi connectivity index (χ1v) is 6.33. The topological polar surface area (TPSA) is 41.4 Å². The van der Waals surface area contributed by atoms with Crippen LogP contribution in [-0.4, -0.2) is 28.5 Å². The minimum absolute atomic E-state index is 0.699. The molecule has 0 spiro atoms. The van der Waals surface area contributed by atoms with E-state index in [0.29, 0.717) is 6.04 Å². The lowest BCUT2D eigenvalue weighted by molar-refractivity contribution is 0.574. The maximum Gasteiger partial charge on any atom is 0.138 e. The van der Waals surface area contributed by atoms with Gasteiger partial charge in [0.1, 0.15) is 11.5 Å². The van der Waals surface area contributed by atoms with Gasteiger partial charge in [0.05, 0.1) is 0 Å². The summed E-state index contributed by atoms with van der Waals surface area (Å²) < 4.78 is 2.09. The summed E-state index contributed by atoms with van der Waals surface area (Å²) >= 11 is 0. The highest BCUT2D eigenvalue weighted by atomic mass is 15.1. The molecule has 0 radical (unpaired) electrons. The lowest BCUT2D eigenvalue weighted by Crippen LogP contribution is -2.24. The second kappa shape index (κ2) is 4.75. The fraction of sp³-hybridized carbons (Fsp3) is 0.462. The van der Waals surface area contributed by atoms with Crippen molar-refractivity contribution in [2.45, 2.75) is 25.3 Å². The molecule has 1 aliphatic rings. The van der Waals surface area contributed by atoms with Crippen LogP contribution in [0.4, 0.5) is 5.82 Å². The van der Waals surface area contributed by atoms with Crippen molar-refractivity contribution in [3.63, 3.8) is 0 Å². The molecule has 0 amide bonds. The molecular formula is C13H18N4. The summed E-state index contributed by atoms with van der Waals surface area (Å²) in [6.45, 7) is 2.19. The first-order valence-electron chi connectivity index (χ1n) is 6.33. The molecule has 1 aliphatic heterocycles. The summed E-state index contributed by atoms with van der Waals surface area (Å²) in [7, 11) is 0. The molecule has 0 saturated carbocycles. The highest BCUT2D eigenvalue weighted by Gasteiger charge is 2.12. The number of fused-ring (bicyclic) bond motifs is 1. The quantitative estimate of drug-likeness (QED) is 0.842. The Morgan fingerprint density at radius 3 is 3.35 bits per heavy atom. The highest BCUT2D eigenvalue weighted by Crippen LogP contribution is 2.12. The average molecular weight is 230 g/mol. The zero-order valence-corrected chi connectivity index (χ0v) is 9.89. The van der Waals surface area contributed by atoms with Crippen LogP contribution in [0.5, 0.6) is 0 Å². The van der Waals surface area contributed by atoms with E-state index in [1.807, 2.05) is 24.5 Å². The Kier molecular flexibility index (Phi) is 2.96. The van der Waals surface area contributed by atoms with E-state index in [4.69, 9.17) is 0 Å². The maximum absolute atomic E-state index is 4.28. The molecule has 4 heteroatoms. The van der Waals surface area contributed by atoms with Crippen molar-refractivity contribution in [3.8, 4) is 0 Å². The van der Waals surface area contributed by atoms with Crippen LogP contribution in [0.25, 0.3) is 5.65 Å². The third-order valence-electron chi connectivity index (χ3n) is 3.39. The van der Waals surface area contributed by atoms with Gasteiger partial charge in [0.15, 0.2) is 0 Å². The molecule has 17 heavy (non-hydrogen) atoms. The number of nitrogens with one attached hydrogen (secondary N) is 2. The Morgan fingerprint density at radius 2 is 2.47 bits per heavy atom. The molecule has 2 aromatic heterocycles. The van der Waals surface area contributed by atoms with E-state index in [0.717, 1.165) is 18.0 Å². The van der Waals surface area contributed by atoms with E-state index in [-0.39, 0.29) is 0 Å². The molecule has 2 N–H and O–H groups in total. The van der Waals surface area contributed by atoms with E-state index >= 15 is 0 Å². The molecule has 90 valence electrons. The van der Waals surface area contributed by atoms with Crippen LogP contribution in [0.3, 0.4) is 0 Å². The first kappa shape index (κ1) is 10.6. The molecule has 0 aromatic carbocycles. The minimum atomic E-state index is 0.699. The standard InChI is InChI=1S/C13H18N4/c1-4-12(17-10-9-16-13(17)5-1)15-8-6-11-3-2-7-14-11/h1,4-5,9-11,14-15H,2-3,6-8H2/t11-/m0/s1. The zero-order chi connectivity index (χ0) is 11.5. The molecular weight excluding hydrogens is 212 g/mol. The molecule has 0 unspecified atom stereocenters. The van der Waals surface area contributed by atoms with Gasteiger partial charge in [-0.1, -0.05) is 6.07 Å². The molecule has 4 nitrogen and oxygen atoms in total. The van der Waals surface area contributed by atoms with E-state index in [2.05, 4.69) is 26.1 Å². The van der Waals surface area contributed by atoms with Gasteiger partial charge in [-0.15, -0.1) is 0 Å². The molecule has 3 rings (SSSR count). The monoisotopic (exact) mass is 230 g/mol. The van der Waals surface area contributed by atoms with Gasteiger partial charge >= 0.3 is 0 Å². The van der Waals surface area contributed by atoms with Crippen LogP contribution in [0.15, 0.2) is 30.6 Å². The summed E-state index contributed by atoms with van der Waals surface area (Å²) in [5, 5.41) is 7.00. The number of hydrogen-bond acceptors (Lipinski definition) is 3. The van der Waals surface area contributed by atoms with Crippen molar-refractivity contribution < 1.29 is 0 Å². The molecule has 3 heterocycles. The van der Waals surface area contributed by atoms with Crippen LogP contribution in [0.1, 0.15) is 19.3 Å². The molecule has 1 atom stereocenters. The number of pyridine rings is 1. The van der Waals surface area contributed by atoms with Crippen molar-refractivity contribution in [1.82, 2.24) is 14.7 Å². The third-order valence-corrected chi connectivity index (χ3v) is 3.39. The smallest absolute Gasteiger partial charge is 0.138 e. The Balaban J connectivity index is 1.62. The Morgan fingerprint density at radius 1 is 1.47 bits per heavy atom. The highest BCUT2D eigenvalue weighted by molar-refractivity contribution is 5.49. The van der Waals surface area contributed by atoms with Gasteiger partial charge < -0.3 is 10.6 Å². The van der Waals surface area contributed by atoms with Crippen LogP contribution >= 0.6 is 0 Å². The second-order valence-electron chi connectivity index (χ2n) is 4.58. The van der Waals surface area contributed by atoms with E-state index in [9.17, 15) is 0 Å². The third kappa shape index (κ3) is 2.26. The Bertz CT molecular complexity index is 485. The zero-order valence-electron chi connectivity index (χ0n) is 9.89. The van der Waals surface area contributed by atoms with E-state index in [1.54, 1.807) is 0 Å². The maximum atomic E-state index is 4.28. The lowest BCUT2D eigenvalue weighted by Gasteiger charge is -2.12. The summed E-state index contributed by atoms with van der Waals surface area (Å²) in [5.74, 6) is 1.12. The van der Waals surface area contributed by atoms with Gasteiger partial charge in [-0.25, -0.2) is 4.98 Å². The molecule has 0 aliphatic carbocycles. The Hall–Kier alpha value is -1.55. The largest absolute Gasteiger partial charge is 0.371 e. The van der Waals surface area contributed by atoms with Crippen molar-refractivity contribution in [2.75, 3.05) is 18.4 Å². The van der Waals surface area contributed by atoms with Crippen molar-refractivity contribution in [1.29, 1.82) is 0 Å². The number of rotatable bonds is 4. The van der Waals surface area contributed by atoms with Gasteiger partial charge in [-0.2, -0.15) is 0 Å². The summed E-state index contributed by atoms with van der Waals surface area (Å²) in [6, 6.07) is 6.85. The molecule has 1 saturated heterocycles. The molecule has 0 bridgehead atoms. The number of anilines is 1. The lowest BCUT2D eigenvalue weighted by atomic mass is 10.1. The van der Waals surface area contributed by atoms with Gasteiger partial charge in [0, 0.05) is 25.0 Å². The van der Waals surface area contributed by atoms with Crippen molar-refractivity contribution in [3.05, 3.63) is 30.6 Å². The first-order chi connectivity index (χ1) is 8.43. The summed E-state index contributed by atoms with van der Waals surface area (Å²) in [4.78, 5) is 4.28. The summed E-state index contributed by atoms with van der Waals surface area (Å²) in [6.07, 6.45) is 7.65. The Labute approximate surface area is 101 Å². The van der Waals surface area contributed by atoms with Gasteiger partial charge in [0.25, 0.3) is 0 Å². The fourth-order valence-corrected chi connectivity index (χ4v) is 2.47. The van der Waals surface area contributed by atoms with Crippen molar-refractivity contribution in [2.24, 2.45) is 0 Å². The van der Waals surface area contributed by atoms with Gasteiger partial charge in [0.2, 0.25) is 0 Å². The predicted octanol–water partition coefficient (Wildman–Crippen LogP) is 1.89. The number of imidazole rings is 1. The van der Waals surface area contributed by atoms with Gasteiger partial charge in [-0.3, -0.25) is 4.40 Å². The van der Waals surface area contributed by atoms with Gasteiger partial charge in [-0.05, 0) is 37.9 Å². The number of hydrogen-bond donors (Lipinski definition) is 2. The average Bonchev–Trinajstić information content (AvgIpc) is 2.99. The van der Waals surface area contributed by atoms with Crippen molar-refractivity contribution >= 4 is 11.5 Å². The minimum Gasteiger partial charge on any atom is -0.371 e. The summed E-state index contributed by atoms with van der Waals surface area (Å²) in [5.41, 5.74) is 0.994. The predicted molar refractivity (Wildman–Crippen MR) is 69.3 cm³/mol. The van der Waals surface area contributed by atoms with E-state index in [1.165, 1.54) is 25.8 Å². The molecule has 2 aromatic rings. The van der Waals surface area contributed by atoms with Crippen LogP contribution in [0.2, 0.25) is 0 Å². The number of aromatic nitrogens is 2. The van der Waals surface area contributed by atoms with Crippen LogP contribution in [0, 0.1) is 0 Å². The fourth-order valence-electron chi connectivity index (χ4n) is 2.47. The SMILES string of the molecule is c1cc(NCC[C@@H]2CCCN2)n2ccnc2c1. The van der Waals surface area contributed by atoms with Crippen LogP contribution in [-0.2, 0) is 0 Å². The number of nitrogens with zero attached hydrogens (tertiary/aromatic N) is 2. The normalized spacial score (nSPS) is 19.9. The van der Waals surface area contributed by atoms with Crippen LogP contribution < -0.4 is 10.6 Å².